The van der Waals surface area contributed by atoms with Crippen LogP contribution in [-0.2, 0) is 5.54 Å². The molecule has 0 saturated heterocycles. The Morgan fingerprint density at radius 2 is 1.65 bits per heavy atom. The fourth-order valence-corrected chi connectivity index (χ4v) is 2.94. The quantitative estimate of drug-likeness (QED) is 0.824. The van der Waals surface area contributed by atoms with E-state index in [1.54, 1.807) is 12.1 Å². The molecule has 0 atom stereocenters. The van der Waals surface area contributed by atoms with Gasteiger partial charge in [0.15, 0.2) is 0 Å². The van der Waals surface area contributed by atoms with E-state index in [4.69, 9.17) is 5.73 Å². The Bertz CT molecular complexity index is 358. The van der Waals surface area contributed by atoms with Gasteiger partial charge >= 0.3 is 0 Å². The molecule has 0 bridgehead atoms. The first-order chi connectivity index (χ1) is 8.10. The molecule has 0 spiro atoms. The van der Waals surface area contributed by atoms with Crippen LogP contribution in [0.3, 0.4) is 0 Å². The van der Waals surface area contributed by atoms with Gasteiger partial charge in [0, 0.05) is 10.4 Å². The summed E-state index contributed by atoms with van der Waals surface area (Å²) in [6.07, 6.45) is 5.55. The molecule has 94 valence electrons. The lowest BCUT2D eigenvalue weighted by Gasteiger charge is -2.34. The third-order valence-corrected chi connectivity index (χ3v) is 4.12. The molecule has 1 saturated carbocycles. The van der Waals surface area contributed by atoms with E-state index in [-0.39, 0.29) is 5.54 Å². The van der Waals surface area contributed by atoms with Crippen molar-refractivity contribution in [1.82, 2.24) is 0 Å². The number of halogens is 2. The lowest BCUT2D eigenvalue weighted by atomic mass is 9.77. The molecule has 2 rings (SSSR count). The van der Waals surface area contributed by atoms with E-state index in [0.717, 1.165) is 31.2 Å². The van der Waals surface area contributed by atoms with E-state index in [1.807, 2.05) is 12.1 Å². The smallest absolute Gasteiger partial charge is 0.288 e. The summed E-state index contributed by atoms with van der Waals surface area (Å²) in [5.74, 6) is -2.36. The maximum absolute atomic E-state index is 12.2. The third-order valence-electron chi connectivity index (χ3n) is 3.40. The van der Waals surface area contributed by atoms with Crippen LogP contribution in [0, 0.1) is 0 Å². The van der Waals surface area contributed by atoms with Crippen molar-refractivity contribution >= 4 is 11.8 Å². The van der Waals surface area contributed by atoms with Crippen LogP contribution in [0.4, 0.5) is 8.78 Å². The van der Waals surface area contributed by atoms with E-state index < -0.39 is 5.76 Å². The highest BCUT2D eigenvalue weighted by atomic mass is 32.2. The van der Waals surface area contributed by atoms with E-state index in [0.29, 0.717) is 16.7 Å². The molecule has 0 heterocycles. The topological polar surface area (TPSA) is 26.0 Å². The summed E-state index contributed by atoms with van der Waals surface area (Å²) in [6, 6.07) is 7.29. The van der Waals surface area contributed by atoms with Crippen molar-refractivity contribution in [3.8, 4) is 0 Å². The van der Waals surface area contributed by atoms with Crippen molar-refractivity contribution in [2.45, 2.75) is 48.3 Å². The SMILES string of the molecule is NC1(c2ccc(SC(F)F)cc2)CCCCC1. The molecule has 1 aliphatic rings. The minimum atomic E-state index is -2.36. The maximum atomic E-state index is 12.2. The Labute approximate surface area is 105 Å². The summed E-state index contributed by atoms with van der Waals surface area (Å²) < 4.78 is 24.4. The molecule has 1 aliphatic carbocycles. The average Bonchev–Trinajstić information content (AvgIpc) is 2.30. The maximum Gasteiger partial charge on any atom is 0.288 e. The lowest BCUT2D eigenvalue weighted by Crippen LogP contribution is -2.38. The Balaban J connectivity index is 2.11. The van der Waals surface area contributed by atoms with Crippen molar-refractivity contribution in [2.24, 2.45) is 5.73 Å². The van der Waals surface area contributed by atoms with Crippen LogP contribution in [0.2, 0.25) is 0 Å². The third kappa shape index (κ3) is 3.19. The zero-order valence-electron chi connectivity index (χ0n) is 9.66. The first-order valence-corrected chi connectivity index (χ1v) is 6.82. The molecule has 1 aromatic carbocycles. The van der Waals surface area contributed by atoms with Crippen LogP contribution in [0.1, 0.15) is 37.7 Å². The molecule has 0 radical (unpaired) electrons. The van der Waals surface area contributed by atoms with Gasteiger partial charge in [-0.2, -0.15) is 8.78 Å². The number of nitrogens with two attached hydrogens (primary N) is 1. The van der Waals surface area contributed by atoms with Gasteiger partial charge in [0.25, 0.3) is 5.76 Å². The number of hydrogen-bond donors (Lipinski definition) is 1. The minimum absolute atomic E-state index is 0.244. The highest BCUT2D eigenvalue weighted by molar-refractivity contribution is 7.99. The van der Waals surface area contributed by atoms with Gasteiger partial charge in [0.1, 0.15) is 0 Å². The molecule has 1 fully saturated rings. The van der Waals surface area contributed by atoms with Crippen molar-refractivity contribution in [1.29, 1.82) is 0 Å². The fraction of sp³-hybridized carbons (Fsp3) is 0.538. The monoisotopic (exact) mass is 257 g/mol. The number of benzene rings is 1. The van der Waals surface area contributed by atoms with Crippen molar-refractivity contribution in [2.75, 3.05) is 0 Å². The van der Waals surface area contributed by atoms with Gasteiger partial charge in [-0.25, -0.2) is 0 Å². The predicted molar refractivity (Wildman–Crippen MR) is 67.3 cm³/mol. The highest BCUT2D eigenvalue weighted by Gasteiger charge is 2.29. The molecule has 1 aromatic rings. The molecule has 0 amide bonds. The first kappa shape index (κ1) is 12.8. The van der Waals surface area contributed by atoms with Gasteiger partial charge in [0.2, 0.25) is 0 Å². The van der Waals surface area contributed by atoms with Crippen LogP contribution in [-0.4, -0.2) is 5.76 Å². The van der Waals surface area contributed by atoms with Crippen molar-refractivity contribution < 1.29 is 8.78 Å². The van der Waals surface area contributed by atoms with Crippen molar-refractivity contribution in [3.05, 3.63) is 29.8 Å². The van der Waals surface area contributed by atoms with Crippen LogP contribution < -0.4 is 5.73 Å². The van der Waals surface area contributed by atoms with E-state index >= 15 is 0 Å². The van der Waals surface area contributed by atoms with Crippen LogP contribution in [0.5, 0.6) is 0 Å². The minimum Gasteiger partial charge on any atom is -0.321 e. The van der Waals surface area contributed by atoms with Crippen LogP contribution in [0.25, 0.3) is 0 Å². The zero-order chi connectivity index (χ0) is 12.3. The Hall–Kier alpha value is -0.610. The molecular weight excluding hydrogens is 240 g/mol. The Morgan fingerprint density at radius 1 is 1.06 bits per heavy atom. The van der Waals surface area contributed by atoms with E-state index in [1.165, 1.54) is 6.42 Å². The molecule has 0 aromatic heterocycles. The number of hydrogen-bond acceptors (Lipinski definition) is 2. The van der Waals surface area contributed by atoms with Gasteiger partial charge in [-0.15, -0.1) is 0 Å². The van der Waals surface area contributed by atoms with Crippen molar-refractivity contribution in [3.63, 3.8) is 0 Å². The Morgan fingerprint density at radius 3 is 2.18 bits per heavy atom. The lowest BCUT2D eigenvalue weighted by molar-refractivity contribution is 0.252. The summed E-state index contributed by atoms with van der Waals surface area (Å²) >= 11 is 0.579. The summed E-state index contributed by atoms with van der Waals surface area (Å²) in [4.78, 5) is 0.600. The number of alkyl halides is 2. The standard InChI is InChI=1S/C13H17F2NS/c14-12(15)17-11-6-4-10(5-7-11)13(16)8-2-1-3-9-13/h4-7,12H,1-3,8-9,16H2. The largest absolute Gasteiger partial charge is 0.321 e. The molecule has 4 heteroatoms. The average molecular weight is 257 g/mol. The van der Waals surface area contributed by atoms with E-state index in [9.17, 15) is 8.78 Å². The van der Waals surface area contributed by atoms with Gasteiger partial charge < -0.3 is 5.73 Å². The van der Waals surface area contributed by atoms with Crippen LogP contribution >= 0.6 is 11.8 Å². The molecular formula is C13H17F2NS. The first-order valence-electron chi connectivity index (χ1n) is 5.94. The second-order valence-electron chi connectivity index (χ2n) is 4.62. The number of rotatable bonds is 3. The van der Waals surface area contributed by atoms with Gasteiger partial charge in [0.05, 0.1) is 0 Å². The van der Waals surface area contributed by atoms with Gasteiger partial charge in [-0.1, -0.05) is 43.2 Å². The summed E-state index contributed by atoms with van der Waals surface area (Å²) in [6.45, 7) is 0. The summed E-state index contributed by atoms with van der Waals surface area (Å²) in [5, 5.41) is 0. The second kappa shape index (κ2) is 5.36. The molecule has 17 heavy (non-hydrogen) atoms. The molecule has 0 aliphatic heterocycles. The summed E-state index contributed by atoms with van der Waals surface area (Å²) in [7, 11) is 0. The van der Waals surface area contributed by atoms with E-state index in [2.05, 4.69) is 0 Å². The van der Waals surface area contributed by atoms with Crippen LogP contribution in [0.15, 0.2) is 29.2 Å². The summed E-state index contributed by atoms with van der Waals surface area (Å²) in [5.41, 5.74) is 7.21. The molecule has 0 unspecified atom stereocenters. The van der Waals surface area contributed by atoms with Gasteiger partial charge in [-0.05, 0) is 30.5 Å². The fourth-order valence-electron chi connectivity index (χ4n) is 2.44. The Kier molecular flexibility index (Phi) is 4.05. The van der Waals surface area contributed by atoms with Gasteiger partial charge in [-0.3, -0.25) is 0 Å². The zero-order valence-corrected chi connectivity index (χ0v) is 10.5. The second-order valence-corrected chi connectivity index (χ2v) is 5.68. The molecule has 1 nitrogen and oxygen atoms in total. The highest BCUT2D eigenvalue weighted by Crippen LogP contribution is 2.35. The predicted octanol–water partition coefficient (Wildman–Crippen LogP) is 4.12. The normalized spacial score (nSPS) is 19.5. The molecule has 2 N–H and O–H groups in total. The number of thioether (sulfide) groups is 1.